The van der Waals surface area contributed by atoms with Gasteiger partial charge in [0.1, 0.15) is 5.60 Å². The van der Waals surface area contributed by atoms with Gasteiger partial charge < -0.3 is 10.1 Å². The highest BCUT2D eigenvalue weighted by molar-refractivity contribution is 6.02. The SMILES string of the molecule is CC(C)(C)OC(=O)C[C@@H](NCc1c2ccccc2cc2ccccc12)c1ccccc1. The fourth-order valence-corrected chi connectivity index (χ4v) is 4.07. The van der Waals surface area contributed by atoms with Gasteiger partial charge in [0.2, 0.25) is 0 Å². The molecule has 4 rings (SSSR count). The number of fused-ring (bicyclic) bond motifs is 2. The quantitative estimate of drug-likeness (QED) is 0.289. The molecule has 0 aromatic heterocycles. The van der Waals surface area contributed by atoms with Gasteiger partial charge in [-0.3, -0.25) is 4.79 Å². The van der Waals surface area contributed by atoms with E-state index in [0.717, 1.165) is 5.56 Å². The van der Waals surface area contributed by atoms with Crippen molar-refractivity contribution < 1.29 is 9.53 Å². The summed E-state index contributed by atoms with van der Waals surface area (Å²) >= 11 is 0. The fraction of sp³-hybridized carbons (Fsp3) is 0.250. The third-order valence-electron chi connectivity index (χ3n) is 5.40. The molecular weight excluding hydrogens is 382 g/mol. The van der Waals surface area contributed by atoms with E-state index in [1.54, 1.807) is 0 Å². The Hall–Kier alpha value is -3.17. The molecule has 1 atom stereocenters. The second kappa shape index (κ2) is 8.91. The van der Waals surface area contributed by atoms with Crippen LogP contribution in [0.4, 0.5) is 0 Å². The molecule has 0 bridgehead atoms. The minimum absolute atomic E-state index is 0.131. The molecule has 3 nitrogen and oxygen atoms in total. The summed E-state index contributed by atoms with van der Waals surface area (Å²) in [6.07, 6.45) is 0.282. The van der Waals surface area contributed by atoms with Crippen molar-refractivity contribution in [3.63, 3.8) is 0 Å². The van der Waals surface area contributed by atoms with Crippen molar-refractivity contribution in [1.82, 2.24) is 5.32 Å². The van der Waals surface area contributed by atoms with Crippen molar-refractivity contribution in [2.24, 2.45) is 0 Å². The summed E-state index contributed by atoms with van der Waals surface area (Å²) in [5.74, 6) is -0.198. The Morgan fingerprint density at radius 1 is 0.839 bits per heavy atom. The molecule has 158 valence electrons. The van der Waals surface area contributed by atoms with Gasteiger partial charge in [0.25, 0.3) is 0 Å². The van der Waals surface area contributed by atoms with E-state index in [2.05, 4.69) is 72.0 Å². The van der Waals surface area contributed by atoms with Crippen LogP contribution in [0.2, 0.25) is 0 Å². The van der Waals surface area contributed by atoms with E-state index in [4.69, 9.17) is 4.74 Å². The molecule has 0 aliphatic rings. The number of hydrogen-bond donors (Lipinski definition) is 1. The molecule has 0 aliphatic carbocycles. The van der Waals surface area contributed by atoms with E-state index < -0.39 is 5.60 Å². The second-order valence-corrected chi connectivity index (χ2v) is 8.93. The Kier molecular flexibility index (Phi) is 6.06. The lowest BCUT2D eigenvalue weighted by molar-refractivity contribution is -0.155. The van der Waals surface area contributed by atoms with Crippen LogP contribution in [-0.2, 0) is 16.1 Å². The molecule has 1 N–H and O–H groups in total. The molecule has 0 amide bonds. The van der Waals surface area contributed by atoms with Crippen molar-refractivity contribution in [2.45, 2.75) is 45.4 Å². The molecule has 4 aromatic rings. The van der Waals surface area contributed by atoms with Crippen molar-refractivity contribution in [3.05, 3.63) is 96.1 Å². The average Bonchev–Trinajstić information content (AvgIpc) is 2.75. The van der Waals surface area contributed by atoms with Crippen LogP contribution in [0, 0.1) is 0 Å². The van der Waals surface area contributed by atoms with E-state index in [1.807, 2.05) is 39.0 Å². The van der Waals surface area contributed by atoms with Gasteiger partial charge in [-0.1, -0.05) is 78.9 Å². The third-order valence-corrected chi connectivity index (χ3v) is 5.40. The van der Waals surface area contributed by atoms with Crippen molar-refractivity contribution in [3.8, 4) is 0 Å². The van der Waals surface area contributed by atoms with Crippen LogP contribution in [-0.4, -0.2) is 11.6 Å². The summed E-state index contributed by atoms with van der Waals surface area (Å²) in [5, 5.41) is 8.57. The zero-order valence-electron chi connectivity index (χ0n) is 18.4. The summed E-state index contributed by atoms with van der Waals surface area (Å²) in [6.45, 7) is 6.36. The Balaban J connectivity index is 1.66. The number of carbonyl (C=O) groups excluding carboxylic acids is 1. The molecule has 3 heteroatoms. The molecule has 0 saturated heterocycles. The van der Waals surface area contributed by atoms with Crippen molar-refractivity contribution in [2.75, 3.05) is 0 Å². The second-order valence-electron chi connectivity index (χ2n) is 8.93. The maximum absolute atomic E-state index is 12.6. The van der Waals surface area contributed by atoms with Crippen LogP contribution in [0.3, 0.4) is 0 Å². The Labute approximate surface area is 184 Å². The number of carbonyl (C=O) groups is 1. The van der Waals surface area contributed by atoms with Gasteiger partial charge in [0.15, 0.2) is 0 Å². The van der Waals surface area contributed by atoms with Crippen molar-refractivity contribution in [1.29, 1.82) is 0 Å². The van der Waals surface area contributed by atoms with Gasteiger partial charge in [-0.25, -0.2) is 0 Å². The zero-order chi connectivity index (χ0) is 21.8. The maximum Gasteiger partial charge on any atom is 0.308 e. The first-order valence-electron chi connectivity index (χ1n) is 10.8. The van der Waals surface area contributed by atoms with Crippen LogP contribution in [0.15, 0.2) is 84.9 Å². The van der Waals surface area contributed by atoms with E-state index in [0.29, 0.717) is 6.54 Å². The maximum atomic E-state index is 12.6. The van der Waals surface area contributed by atoms with Crippen LogP contribution < -0.4 is 5.32 Å². The third kappa shape index (κ3) is 5.12. The largest absolute Gasteiger partial charge is 0.460 e. The summed E-state index contributed by atoms with van der Waals surface area (Å²) in [6, 6.07) is 29.2. The lowest BCUT2D eigenvalue weighted by Gasteiger charge is -2.24. The van der Waals surface area contributed by atoms with E-state index in [9.17, 15) is 4.79 Å². The number of ether oxygens (including phenoxy) is 1. The minimum atomic E-state index is -0.496. The predicted molar refractivity (Wildman–Crippen MR) is 128 cm³/mol. The van der Waals surface area contributed by atoms with Crippen LogP contribution in [0.25, 0.3) is 21.5 Å². The first-order chi connectivity index (χ1) is 14.9. The monoisotopic (exact) mass is 411 g/mol. The molecule has 0 spiro atoms. The van der Waals surface area contributed by atoms with Crippen LogP contribution in [0.1, 0.15) is 44.4 Å². The lowest BCUT2D eigenvalue weighted by atomic mass is 9.96. The first-order valence-corrected chi connectivity index (χ1v) is 10.8. The normalized spacial score (nSPS) is 12.7. The van der Waals surface area contributed by atoms with E-state index in [1.165, 1.54) is 27.1 Å². The van der Waals surface area contributed by atoms with Crippen LogP contribution >= 0.6 is 0 Å². The number of hydrogen-bond acceptors (Lipinski definition) is 3. The number of esters is 1. The summed E-state index contributed by atoms with van der Waals surface area (Å²) in [4.78, 5) is 12.6. The fourth-order valence-electron chi connectivity index (χ4n) is 4.07. The molecule has 0 unspecified atom stereocenters. The molecule has 0 radical (unpaired) electrons. The summed E-state index contributed by atoms with van der Waals surface area (Å²) in [5.41, 5.74) is 1.83. The minimum Gasteiger partial charge on any atom is -0.460 e. The molecule has 0 aliphatic heterocycles. The standard InChI is InChI=1S/C28H29NO2/c1-28(2,3)31-27(30)18-26(20-11-5-4-6-12-20)29-19-25-23-15-9-7-13-21(23)17-22-14-8-10-16-24(22)25/h4-17,26,29H,18-19H2,1-3H3/t26-/m1/s1. The number of nitrogens with one attached hydrogen (secondary N) is 1. The summed E-state index contributed by atoms with van der Waals surface area (Å²) < 4.78 is 5.60. The Bertz CT molecular complexity index is 1140. The Morgan fingerprint density at radius 3 is 1.97 bits per heavy atom. The topological polar surface area (TPSA) is 38.3 Å². The molecule has 0 heterocycles. The predicted octanol–water partition coefficient (Wildman–Crippen LogP) is 6.56. The van der Waals surface area contributed by atoms with Crippen LogP contribution in [0.5, 0.6) is 0 Å². The van der Waals surface area contributed by atoms with E-state index >= 15 is 0 Å². The molecule has 0 saturated carbocycles. The van der Waals surface area contributed by atoms with E-state index in [-0.39, 0.29) is 18.4 Å². The van der Waals surface area contributed by atoms with Gasteiger partial charge in [0, 0.05) is 12.6 Å². The number of rotatable bonds is 6. The number of benzene rings is 4. The smallest absolute Gasteiger partial charge is 0.308 e. The average molecular weight is 412 g/mol. The Morgan fingerprint density at radius 2 is 1.39 bits per heavy atom. The van der Waals surface area contributed by atoms with Gasteiger partial charge in [0.05, 0.1) is 6.42 Å². The molecule has 31 heavy (non-hydrogen) atoms. The van der Waals surface area contributed by atoms with Gasteiger partial charge in [-0.2, -0.15) is 0 Å². The molecule has 4 aromatic carbocycles. The molecule has 0 fully saturated rings. The van der Waals surface area contributed by atoms with Gasteiger partial charge in [-0.15, -0.1) is 0 Å². The highest BCUT2D eigenvalue weighted by Gasteiger charge is 2.22. The highest BCUT2D eigenvalue weighted by atomic mass is 16.6. The van der Waals surface area contributed by atoms with Gasteiger partial charge >= 0.3 is 5.97 Å². The summed E-state index contributed by atoms with van der Waals surface area (Å²) in [7, 11) is 0. The molecular formula is C28H29NO2. The highest BCUT2D eigenvalue weighted by Crippen LogP contribution is 2.29. The van der Waals surface area contributed by atoms with Gasteiger partial charge in [-0.05, 0) is 59.5 Å². The van der Waals surface area contributed by atoms with Crippen molar-refractivity contribution >= 4 is 27.5 Å². The lowest BCUT2D eigenvalue weighted by Crippen LogP contribution is -2.29. The first kappa shape index (κ1) is 21.1. The zero-order valence-corrected chi connectivity index (χ0v) is 18.4.